The van der Waals surface area contributed by atoms with Gasteiger partial charge in [-0.3, -0.25) is 4.79 Å². The number of nitrogens with one attached hydrogen (secondary N) is 1. The molecule has 0 radical (unpaired) electrons. The van der Waals surface area contributed by atoms with Crippen molar-refractivity contribution in [1.29, 1.82) is 0 Å². The number of hydrogen-bond donors (Lipinski definition) is 1. The van der Waals surface area contributed by atoms with Gasteiger partial charge in [0.05, 0.1) is 6.04 Å². The molecular formula is C18H20N2O3. The number of rotatable bonds is 5. The summed E-state index contributed by atoms with van der Waals surface area (Å²) in [5.74, 6) is 0.205. The molecule has 5 heteroatoms. The van der Waals surface area contributed by atoms with Crippen molar-refractivity contribution >= 4 is 12.0 Å². The van der Waals surface area contributed by atoms with Crippen LogP contribution in [0.1, 0.15) is 18.5 Å². The summed E-state index contributed by atoms with van der Waals surface area (Å²) in [6.45, 7) is 1.83. The molecule has 0 heterocycles. The van der Waals surface area contributed by atoms with Crippen molar-refractivity contribution < 1.29 is 14.3 Å². The number of amides is 2. The van der Waals surface area contributed by atoms with Gasteiger partial charge in [0.1, 0.15) is 12.3 Å². The van der Waals surface area contributed by atoms with Crippen LogP contribution in [0.2, 0.25) is 0 Å². The van der Waals surface area contributed by atoms with E-state index in [9.17, 15) is 9.59 Å². The summed E-state index contributed by atoms with van der Waals surface area (Å²) < 4.78 is 5.17. The largest absolute Gasteiger partial charge is 0.415 e. The Bertz CT molecular complexity index is 644. The quantitative estimate of drug-likeness (QED) is 0.923. The van der Waals surface area contributed by atoms with E-state index in [2.05, 4.69) is 5.32 Å². The van der Waals surface area contributed by atoms with Crippen molar-refractivity contribution in [2.45, 2.75) is 13.0 Å². The van der Waals surface area contributed by atoms with E-state index in [0.717, 1.165) is 5.56 Å². The normalized spacial score (nSPS) is 11.4. The Morgan fingerprint density at radius 2 is 1.61 bits per heavy atom. The summed E-state index contributed by atoms with van der Waals surface area (Å²) in [7, 11) is 1.53. The van der Waals surface area contributed by atoms with Crippen molar-refractivity contribution in [3.05, 3.63) is 66.2 Å². The van der Waals surface area contributed by atoms with Gasteiger partial charge in [0, 0.05) is 7.05 Å². The zero-order chi connectivity index (χ0) is 16.7. The lowest BCUT2D eigenvalue weighted by molar-refractivity contribution is -0.122. The summed E-state index contributed by atoms with van der Waals surface area (Å²) >= 11 is 0. The van der Waals surface area contributed by atoms with Crippen LogP contribution in [0.3, 0.4) is 0 Å². The van der Waals surface area contributed by atoms with Gasteiger partial charge < -0.3 is 15.0 Å². The molecule has 2 rings (SSSR count). The molecule has 0 aliphatic rings. The number of nitrogens with zero attached hydrogens (tertiary/aromatic N) is 1. The highest BCUT2D eigenvalue weighted by molar-refractivity contribution is 5.83. The molecule has 0 aromatic heterocycles. The number of benzene rings is 2. The number of carbonyl (C=O) groups excluding carboxylic acids is 2. The molecule has 5 nitrogen and oxygen atoms in total. The minimum absolute atomic E-state index is 0.0666. The number of ether oxygens (including phenoxy) is 1. The highest BCUT2D eigenvalue weighted by Gasteiger charge is 2.16. The van der Waals surface area contributed by atoms with Crippen LogP contribution < -0.4 is 10.1 Å². The van der Waals surface area contributed by atoms with E-state index in [0.29, 0.717) is 5.75 Å². The Kier molecular flexibility index (Phi) is 5.74. The highest BCUT2D eigenvalue weighted by atomic mass is 16.6. The molecule has 23 heavy (non-hydrogen) atoms. The Morgan fingerprint density at radius 1 is 1.04 bits per heavy atom. The fraction of sp³-hybridized carbons (Fsp3) is 0.222. The first-order valence-corrected chi connectivity index (χ1v) is 7.38. The standard InChI is InChI=1S/C18H20N2O3/c1-14(15-9-5-3-6-10-15)19-17(21)13-20(2)18(22)23-16-11-7-4-8-12-16/h3-12,14H,13H2,1-2H3,(H,19,21)/t14-/m1/s1. The number of hydrogen-bond acceptors (Lipinski definition) is 3. The van der Waals surface area contributed by atoms with Crippen LogP contribution in [0.15, 0.2) is 60.7 Å². The number of para-hydroxylation sites is 1. The van der Waals surface area contributed by atoms with Gasteiger partial charge in [-0.05, 0) is 24.6 Å². The Balaban J connectivity index is 1.83. The van der Waals surface area contributed by atoms with Crippen molar-refractivity contribution in [3.63, 3.8) is 0 Å². The van der Waals surface area contributed by atoms with Crippen LogP contribution in [0.25, 0.3) is 0 Å². The van der Waals surface area contributed by atoms with Crippen molar-refractivity contribution in [2.24, 2.45) is 0 Å². The van der Waals surface area contributed by atoms with Crippen LogP contribution in [0.4, 0.5) is 4.79 Å². The Labute approximate surface area is 135 Å². The second-order valence-corrected chi connectivity index (χ2v) is 5.24. The van der Waals surface area contributed by atoms with Gasteiger partial charge in [0.15, 0.2) is 0 Å². The van der Waals surface area contributed by atoms with Gasteiger partial charge in [0.25, 0.3) is 0 Å². The first kappa shape index (κ1) is 16.5. The van der Waals surface area contributed by atoms with Crippen LogP contribution in [0.5, 0.6) is 5.75 Å². The van der Waals surface area contributed by atoms with Crippen LogP contribution >= 0.6 is 0 Å². The van der Waals surface area contributed by atoms with Gasteiger partial charge in [-0.25, -0.2) is 4.79 Å². The third-order valence-electron chi connectivity index (χ3n) is 3.32. The van der Waals surface area contributed by atoms with E-state index in [1.54, 1.807) is 24.3 Å². The summed E-state index contributed by atoms with van der Waals surface area (Å²) in [6, 6.07) is 18.3. The van der Waals surface area contributed by atoms with Crippen LogP contribution in [0, 0.1) is 0 Å². The topological polar surface area (TPSA) is 58.6 Å². The molecule has 1 N–H and O–H groups in total. The predicted octanol–water partition coefficient (Wildman–Crippen LogP) is 2.99. The molecule has 0 bridgehead atoms. The maximum atomic E-state index is 12.0. The fourth-order valence-electron chi connectivity index (χ4n) is 2.06. The average Bonchev–Trinajstić information content (AvgIpc) is 2.56. The summed E-state index contributed by atoms with van der Waals surface area (Å²) in [5.41, 5.74) is 1.01. The van der Waals surface area contributed by atoms with Gasteiger partial charge in [0.2, 0.25) is 5.91 Å². The monoisotopic (exact) mass is 312 g/mol. The minimum atomic E-state index is -0.571. The molecule has 0 fully saturated rings. The lowest BCUT2D eigenvalue weighted by Gasteiger charge is -2.19. The summed E-state index contributed by atoms with van der Waals surface area (Å²) in [4.78, 5) is 25.2. The summed E-state index contributed by atoms with van der Waals surface area (Å²) in [6.07, 6.45) is -0.571. The summed E-state index contributed by atoms with van der Waals surface area (Å²) in [5, 5.41) is 2.86. The van der Waals surface area contributed by atoms with Gasteiger partial charge in [-0.1, -0.05) is 48.5 Å². The zero-order valence-electron chi connectivity index (χ0n) is 13.2. The second-order valence-electron chi connectivity index (χ2n) is 5.24. The second kappa shape index (κ2) is 7.98. The molecule has 0 saturated heterocycles. The Hall–Kier alpha value is -2.82. The zero-order valence-corrected chi connectivity index (χ0v) is 13.2. The van der Waals surface area contributed by atoms with Crippen molar-refractivity contribution in [3.8, 4) is 5.75 Å². The molecule has 2 aromatic carbocycles. The van der Waals surface area contributed by atoms with E-state index in [1.165, 1.54) is 11.9 Å². The molecule has 0 spiro atoms. The molecular weight excluding hydrogens is 292 g/mol. The van der Waals surface area contributed by atoms with E-state index in [-0.39, 0.29) is 18.5 Å². The van der Waals surface area contributed by atoms with E-state index < -0.39 is 6.09 Å². The van der Waals surface area contributed by atoms with Crippen LogP contribution in [-0.2, 0) is 4.79 Å². The van der Waals surface area contributed by atoms with Gasteiger partial charge in [-0.2, -0.15) is 0 Å². The molecule has 2 aromatic rings. The molecule has 0 saturated carbocycles. The Morgan fingerprint density at radius 3 is 2.22 bits per heavy atom. The van der Waals surface area contributed by atoms with Crippen LogP contribution in [-0.4, -0.2) is 30.5 Å². The van der Waals surface area contributed by atoms with Gasteiger partial charge >= 0.3 is 6.09 Å². The average molecular weight is 312 g/mol. The third kappa shape index (κ3) is 5.14. The first-order chi connectivity index (χ1) is 11.1. The van der Waals surface area contributed by atoms with Crippen molar-refractivity contribution in [2.75, 3.05) is 13.6 Å². The minimum Gasteiger partial charge on any atom is -0.410 e. The van der Waals surface area contributed by atoms with E-state index >= 15 is 0 Å². The molecule has 1 atom stereocenters. The molecule has 0 aliphatic heterocycles. The number of likely N-dealkylation sites (N-methyl/N-ethyl adjacent to an activating group) is 1. The first-order valence-electron chi connectivity index (χ1n) is 7.38. The maximum Gasteiger partial charge on any atom is 0.415 e. The molecule has 0 aliphatic carbocycles. The fourth-order valence-corrected chi connectivity index (χ4v) is 2.06. The molecule has 120 valence electrons. The van der Waals surface area contributed by atoms with Crippen molar-refractivity contribution in [1.82, 2.24) is 10.2 Å². The lowest BCUT2D eigenvalue weighted by Crippen LogP contribution is -2.40. The maximum absolute atomic E-state index is 12.0. The lowest BCUT2D eigenvalue weighted by atomic mass is 10.1. The molecule has 0 unspecified atom stereocenters. The third-order valence-corrected chi connectivity index (χ3v) is 3.32. The predicted molar refractivity (Wildman–Crippen MR) is 88.1 cm³/mol. The van der Waals surface area contributed by atoms with E-state index in [1.807, 2.05) is 43.3 Å². The molecule has 2 amide bonds. The highest BCUT2D eigenvalue weighted by Crippen LogP contribution is 2.11. The number of carbonyl (C=O) groups is 2. The smallest absolute Gasteiger partial charge is 0.410 e. The van der Waals surface area contributed by atoms with Gasteiger partial charge in [-0.15, -0.1) is 0 Å². The van der Waals surface area contributed by atoms with E-state index in [4.69, 9.17) is 4.74 Å². The SMILES string of the molecule is C[C@@H](NC(=O)CN(C)C(=O)Oc1ccccc1)c1ccccc1.